The first-order valence-corrected chi connectivity index (χ1v) is 7.78. The predicted molar refractivity (Wildman–Crippen MR) is 80.0 cm³/mol. The number of fused-ring (bicyclic) bond motifs is 1. The van der Waals surface area contributed by atoms with Crippen LogP contribution in [0.3, 0.4) is 0 Å². The zero-order valence-corrected chi connectivity index (χ0v) is 12.1. The lowest BCUT2D eigenvalue weighted by atomic mass is 10.2. The fraction of sp³-hybridized carbons (Fsp3) is 0.500. The molecule has 1 unspecified atom stereocenters. The average molecular weight is 263 g/mol. The number of thioether (sulfide) groups is 1. The minimum Gasteiger partial charge on any atom is -0.330 e. The molecule has 1 aromatic heterocycles. The number of hydrogen-bond acceptors (Lipinski definition) is 3. The molecule has 98 valence electrons. The lowest BCUT2D eigenvalue weighted by Gasteiger charge is -2.15. The second-order valence-corrected chi connectivity index (χ2v) is 5.43. The van der Waals surface area contributed by atoms with Crippen molar-refractivity contribution >= 4 is 22.8 Å². The van der Waals surface area contributed by atoms with E-state index in [0.29, 0.717) is 6.04 Å². The number of aromatic nitrogens is 2. The largest absolute Gasteiger partial charge is 0.330 e. The van der Waals surface area contributed by atoms with Gasteiger partial charge in [-0.25, -0.2) is 4.98 Å². The first kappa shape index (κ1) is 13.4. The van der Waals surface area contributed by atoms with Gasteiger partial charge >= 0.3 is 0 Å². The molecule has 0 aliphatic carbocycles. The topological polar surface area (TPSA) is 29.9 Å². The van der Waals surface area contributed by atoms with Gasteiger partial charge in [-0.3, -0.25) is 0 Å². The van der Waals surface area contributed by atoms with Gasteiger partial charge < -0.3 is 9.88 Å². The molecule has 0 aliphatic heterocycles. The molecule has 1 aromatic carbocycles. The van der Waals surface area contributed by atoms with Gasteiger partial charge in [0.15, 0.2) is 0 Å². The van der Waals surface area contributed by atoms with Crippen LogP contribution in [0.4, 0.5) is 0 Å². The standard InChI is InChI=1S/C14H21N3S/c1-4-11(10-18-3)15-9-14-16-12-7-5-6-8-13(12)17(14)2/h5-8,11,15H,4,9-10H2,1-3H3. The van der Waals surface area contributed by atoms with E-state index >= 15 is 0 Å². The van der Waals surface area contributed by atoms with Crippen LogP contribution in [-0.4, -0.2) is 27.6 Å². The SMILES string of the molecule is CCC(CSC)NCc1nc2ccccc2n1C. The summed E-state index contributed by atoms with van der Waals surface area (Å²) >= 11 is 1.89. The van der Waals surface area contributed by atoms with Crippen LogP contribution in [-0.2, 0) is 13.6 Å². The van der Waals surface area contributed by atoms with Gasteiger partial charge in [0.2, 0.25) is 0 Å². The highest BCUT2D eigenvalue weighted by atomic mass is 32.2. The zero-order chi connectivity index (χ0) is 13.0. The molecular formula is C14H21N3S. The lowest BCUT2D eigenvalue weighted by molar-refractivity contribution is 0.524. The van der Waals surface area contributed by atoms with Crippen molar-refractivity contribution in [3.63, 3.8) is 0 Å². The summed E-state index contributed by atoms with van der Waals surface area (Å²) in [6.07, 6.45) is 3.31. The van der Waals surface area contributed by atoms with E-state index in [4.69, 9.17) is 0 Å². The molecule has 2 rings (SSSR count). The van der Waals surface area contributed by atoms with Gasteiger partial charge in [0.1, 0.15) is 5.82 Å². The number of benzene rings is 1. The van der Waals surface area contributed by atoms with E-state index in [-0.39, 0.29) is 0 Å². The fourth-order valence-electron chi connectivity index (χ4n) is 2.11. The Balaban J connectivity index is 2.09. The smallest absolute Gasteiger partial charge is 0.123 e. The monoisotopic (exact) mass is 263 g/mol. The summed E-state index contributed by atoms with van der Waals surface area (Å²) in [5.41, 5.74) is 2.28. The van der Waals surface area contributed by atoms with E-state index in [1.807, 2.05) is 17.8 Å². The third-order valence-electron chi connectivity index (χ3n) is 3.29. The molecule has 0 saturated heterocycles. The molecule has 3 nitrogen and oxygen atoms in total. The van der Waals surface area contributed by atoms with Gasteiger partial charge in [-0.1, -0.05) is 19.1 Å². The van der Waals surface area contributed by atoms with Crippen LogP contribution < -0.4 is 5.32 Å². The molecule has 0 spiro atoms. The molecule has 4 heteroatoms. The second kappa shape index (κ2) is 6.25. The third-order valence-corrected chi connectivity index (χ3v) is 4.02. The van der Waals surface area contributed by atoms with Crippen molar-refractivity contribution in [3.05, 3.63) is 30.1 Å². The van der Waals surface area contributed by atoms with Gasteiger partial charge in [0, 0.05) is 18.8 Å². The normalized spacial score (nSPS) is 13.1. The van der Waals surface area contributed by atoms with Crippen LogP contribution in [0.2, 0.25) is 0 Å². The Kier molecular flexibility index (Phi) is 4.66. The molecule has 1 heterocycles. The average Bonchev–Trinajstić information content (AvgIpc) is 2.72. The van der Waals surface area contributed by atoms with Crippen LogP contribution in [0.25, 0.3) is 11.0 Å². The molecule has 0 radical (unpaired) electrons. The first-order chi connectivity index (χ1) is 8.76. The zero-order valence-electron chi connectivity index (χ0n) is 11.3. The third kappa shape index (κ3) is 2.87. The summed E-state index contributed by atoms with van der Waals surface area (Å²) in [5, 5.41) is 3.58. The van der Waals surface area contributed by atoms with E-state index in [9.17, 15) is 0 Å². The number of aryl methyl sites for hydroxylation is 1. The highest BCUT2D eigenvalue weighted by molar-refractivity contribution is 7.98. The van der Waals surface area contributed by atoms with E-state index in [2.05, 4.69) is 53.3 Å². The van der Waals surface area contributed by atoms with Gasteiger partial charge in [-0.2, -0.15) is 11.8 Å². The Morgan fingerprint density at radius 3 is 2.83 bits per heavy atom. The van der Waals surface area contributed by atoms with Crippen LogP contribution in [0.5, 0.6) is 0 Å². The molecule has 0 bridgehead atoms. The summed E-state index contributed by atoms with van der Waals surface area (Å²) in [5.74, 6) is 2.26. The summed E-state index contributed by atoms with van der Waals surface area (Å²) in [6.45, 7) is 3.06. The summed E-state index contributed by atoms with van der Waals surface area (Å²) in [7, 11) is 2.09. The number of hydrogen-bond donors (Lipinski definition) is 1. The van der Waals surface area contributed by atoms with Crippen LogP contribution >= 0.6 is 11.8 Å². The van der Waals surface area contributed by atoms with Gasteiger partial charge in [0.25, 0.3) is 0 Å². The number of rotatable bonds is 6. The van der Waals surface area contributed by atoms with Crippen molar-refractivity contribution in [1.29, 1.82) is 0 Å². The van der Waals surface area contributed by atoms with Gasteiger partial charge in [-0.15, -0.1) is 0 Å². The molecule has 0 saturated carbocycles. The number of nitrogens with one attached hydrogen (secondary N) is 1. The molecule has 0 aliphatic rings. The second-order valence-electron chi connectivity index (χ2n) is 4.52. The van der Waals surface area contributed by atoms with Crippen molar-refractivity contribution in [2.24, 2.45) is 7.05 Å². The van der Waals surface area contributed by atoms with Crippen LogP contribution in [0.1, 0.15) is 19.2 Å². The molecule has 1 N–H and O–H groups in total. The van der Waals surface area contributed by atoms with Crippen molar-refractivity contribution in [3.8, 4) is 0 Å². The maximum Gasteiger partial charge on any atom is 0.123 e. The van der Waals surface area contributed by atoms with Crippen LogP contribution in [0, 0.1) is 0 Å². The Morgan fingerprint density at radius 1 is 1.39 bits per heavy atom. The maximum absolute atomic E-state index is 4.67. The highest BCUT2D eigenvalue weighted by Crippen LogP contribution is 2.14. The Hall–Kier alpha value is -1.00. The van der Waals surface area contributed by atoms with Gasteiger partial charge in [0.05, 0.1) is 17.6 Å². The van der Waals surface area contributed by atoms with E-state index in [1.54, 1.807) is 0 Å². The predicted octanol–water partition coefficient (Wildman–Crippen LogP) is 2.80. The Labute approximate surface area is 113 Å². The quantitative estimate of drug-likeness (QED) is 0.869. The summed E-state index contributed by atoms with van der Waals surface area (Å²) in [4.78, 5) is 4.67. The van der Waals surface area contributed by atoms with Crippen LogP contribution in [0.15, 0.2) is 24.3 Å². The summed E-state index contributed by atoms with van der Waals surface area (Å²) in [6, 6.07) is 8.85. The maximum atomic E-state index is 4.67. The first-order valence-electron chi connectivity index (χ1n) is 6.39. The van der Waals surface area contributed by atoms with Crippen molar-refractivity contribution in [2.45, 2.75) is 25.9 Å². The lowest BCUT2D eigenvalue weighted by Crippen LogP contribution is -2.31. The Bertz CT molecular complexity index is 507. The van der Waals surface area contributed by atoms with Crippen molar-refractivity contribution in [2.75, 3.05) is 12.0 Å². The molecule has 18 heavy (non-hydrogen) atoms. The van der Waals surface area contributed by atoms with Crippen molar-refractivity contribution in [1.82, 2.24) is 14.9 Å². The van der Waals surface area contributed by atoms with E-state index in [0.717, 1.165) is 30.1 Å². The number of para-hydroxylation sites is 2. The molecule has 2 aromatic rings. The van der Waals surface area contributed by atoms with E-state index < -0.39 is 0 Å². The van der Waals surface area contributed by atoms with Crippen molar-refractivity contribution < 1.29 is 0 Å². The molecular weight excluding hydrogens is 242 g/mol. The molecule has 0 amide bonds. The summed E-state index contributed by atoms with van der Waals surface area (Å²) < 4.78 is 2.17. The highest BCUT2D eigenvalue weighted by Gasteiger charge is 2.09. The van der Waals surface area contributed by atoms with Gasteiger partial charge in [-0.05, 0) is 24.8 Å². The Morgan fingerprint density at radius 2 is 2.17 bits per heavy atom. The molecule has 0 fully saturated rings. The number of nitrogens with zero attached hydrogens (tertiary/aromatic N) is 2. The minimum absolute atomic E-state index is 0.569. The van der Waals surface area contributed by atoms with E-state index in [1.165, 1.54) is 5.52 Å². The molecule has 1 atom stereocenters. The number of imidazole rings is 1. The minimum atomic E-state index is 0.569. The fourth-order valence-corrected chi connectivity index (χ4v) is 2.87.